The molecule has 0 aromatic carbocycles. The summed E-state index contributed by atoms with van der Waals surface area (Å²) in [5.41, 5.74) is 11.5. The molecule has 2 aromatic heterocycles. The minimum Gasteiger partial charge on any atom is -0.480 e. The minimum absolute atomic E-state index is 0.000850. The zero-order valence-corrected chi connectivity index (χ0v) is 37.9. The van der Waals surface area contributed by atoms with Crippen molar-refractivity contribution in [3.8, 4) is 0 Å². The third-order valence-corrected chi connectivity index (χ3v) is 13.1. The number of nitrogens with one attached hydrogen (secondary N) is 4. The van der Waals surface area contributed by atoms with Crippen molar-refractivity contribution < 1.29 is 73.2 Å². The van der Waals surface area contributed by atoms with Crippen LogP contribution in [0.4, 0.5) is 0 Å². The molecule has 0 saturated heterocycles. The van der Waals surface area contributed by atoms with Crippen LogP contribution >= 0.6 is 23.5 Å². The number of aromatic nitrogens is 4. The van der Waals surface area contributed by atoms with Crippen molar-refractivity contribution in [2.75, 3.05) is 24.6 Å². The molecule has 1 aliphatic carbocycles. The SMILES string of the molecule is CC(=O)c1cnc(C(SC[C@H](NC(=O)CC[C@@H](N)C(=O)O)C(=O)NCC(=O)O)C2CCCC(C(SC[C@H](NC(=O)CC[C@H](N)C(=O)O)C(=O)NCC(=O)O)c3cnc(C(C)=O)cn3)C2=O)cn1. The van der Waals surface area contributed by atoms with E-state index in [4.69, 9.17) is 21.7 Å². The summed E-state index contributed by atoms with van der Waals surface area (Å²) in [5.74, 6) is -12.6. The van der Waals surface area contributed by atoms with E-state index in [9.17, 15) is 58.2 Å². The Morgan fingerprint density at radius 3 is 1.30 bits per heavy atom. The molecule has 4 unspecified atom stereocenters. The maximum absolute atomic E-state index is 15.0. The monoisotopic (exact) mass is 976 g/mol. The van der Waals surface area contributed by atoms with E-state index in [1.165, 1.54) is 38.6 Å². The van der Waals surface area contributed by atoms with Crippen LogP contribution in [0.15, 0.2) is 24.8 Å². The Hall–Kier alpha value is -6.45. The second-order valence-electron chi connectivity index (χ2n) is 15.2. The van der Waals surface area contributed by atoms with Gasteiger partial charge < -0.3 is 53.2 Å². The van der Waals surface area contributed by atoms with Crippen LogP contribution in [0.25, 0.3) is 0 Å². The van der Waals surface area contributed by atoms with Crippen molar-refractivity contribution in [3.05, 3.63) is 47.6 Å². The lowest BCUT2D eigenvalue weighted by molar-refractivity contribution is -0.140. The van der Waals surface area contributed by atoms with Crippen LogP contribution in [0.2, 0.25) is 0 Å². The molecule has 4 amide bonds. The summed E-state index contributed by atoms with van der Waals surface area (Å²) in [7, 11) is 0. The maximum atomic E-state index is 15.0. The number of nitrogens with zero attached hydrogens (tertiary/aromatic N) is 4. The zero-order valence-electron chi connectivity index (χ0n) is 36.2. The first-order valence-corrected chi connectivity index (χ1v) is 22.7. The van der Waals surface area contributed by atoms with Gasteiger partial charge in [0, 0.05) is 50.0 Å². The lowest BCUT2D eigenvalue weighted by Crippen LogP contribution is -2.50. The Bertz CT molecular complexity index is 2020. The van der Waals surface area contributed by atoms with E-state index in [1.54, 1.807) is 0 Å². The predicted molar refractivity (Wildman–Crippen MR) is 235 cm³/mol. The molecule has 3 rings (SSSR count). The molecule has 0 spiro atoms. The molecule has 67 heavy (non-hydrogen) atoms. The number of carboxylic acids is 4. The molecule has 364 valence electrons. The van der Waals surface area contributed by atoms with Gasteiger partial charge >= 0.3 is 23.9 Å². The van der Waals surface area contributed by atoms with Crippen molar-refractivity contribution in [1.82, 2.24) is 41.2 Å². The average molecular weight is 977 g/mol. The molecule has 12 N–H and O–H groups in total. The number of carboxylic acid groups (broad SMARTS) is 4. The molecule has 8 atom stereocenters. The van der Waals surface area contributed by atoms with E-state index in [-0.39, 0.29) is 65.7 Å². The molecule has 2 heterocycles. The fourth-order valence-electron chi connectivity index (χ4n) is 6.56. The Morgan fingerprint density at radius 1 is 0.627 bits per heavy atom. The largest absolute Gasteiger partial charge is 0.480 e. The lowest BCUT2D eigenvalue weighted by atomic mass is 9.76. The Labute approximate surface area is 390 Å². The highest BCUT2D eigenvalue weighted by molar-refractivity contribution is 7.99. The van der Waals surface area contributed by atoms with Crippen LogP contribution in [0, 0.1) is 11.8 Å². The van der Waals surface area contributed by atoms with Crippen molar-refractivity contribution >= 4 is 88.4 Å². The number of carbonyl (C=O) groups excluding carboxylic acids is 7. The molecule has 2 aromatic rings. The van der Waals surface area contributed by atoms with Crippen LogP contribution in [0.5, 0.6) is 0 Å². The van der Waals surface area contributed by atoms with Crippen molar-refractivity contribution in [2.24, 2.45) is 23.3 Å². The second kappa shape index (κ2) is 26.6. The number of hydrogen-bond donors (Lipinski definition) is 10. The van der Waals surface area contributed by atoms with Crippen molar-refractivity contribution in [3.63, 3.8) is 0 Å². The summed E-state index contributed by atoms with van der Waals surface area (Å²) in [4.78, 5) is 154. The Morgan fingerprint density at radius 2 is 1.00 bits per heavy atom. The van der Waals surface area contributed by atoms with Gasteiger partial charge in [0.25, 0.3) is 0 Å². The minimum atomic E-state index is -1.43. The van der Waals surface area contributed by atoms with Crippen LogP contribution < -0.4 is 32.7 Å². The molecule has 1 aliphatic rings. The molecule has 25 nitrogen and oxygen atoms in total. The Balaban J connectivity index is 2.05. The molecular weight excluding hydrogens is 925 g/mol. The van der Waals surface area contributed by atoms with E-state index < -0.39 is 132 Å². The van der Waals surface area contributed by atoms with E-state index in [0.717, 1.165) is 23.5 Å². The number of hydrogen-bond acceptors (Lipinski definition) is 19. The lowest BCUT2D eigenvalue weighted by Gasteiger charge is -2.36. The number of amides is 4. The van der Waals surface area contributed by atoms with E-state index in [0.29, 0.717) is 6.42 Å². The van der Waals surface area contributed by atoms with Gasteiger partial charge in [0.15, 0.2) is 11.6 Å². The number of Topliss-reactive ketones (excluding diaryl/α,β-unsaturated/α-hetero) is 3. The average Bonchev–Trinajstić information content (AvgIpc) is 3.28. The quantitative estimate of drug-likeness (QED) is 0.0441. The summed E-state index contributed by atoms with van der Waals surface area (Å²) in [6.45, 7) is 0.900. The molecule has 0 radical (unpaired) electrons. The summed E-state index contributed by atoms with van der Waals surface area (Å²) < 4.78 is 0. The van der Waals surface area contributed by atoms with Crippen LogP contribution in [0.3, 0.4) is 0 Å². The van der Waals surface area contributed by atoms with E-state index in [2.05, 4.69) is 41.2 Å². The number of carbonyl (C=O) groups is 11. The summed E-state index contributed by atoms with van der Waals surface area (Å²) in [5, 5.41) is 44.2. The zero-order chi connectivity index (χ0) is 50.0. The standard InChI is InChI=1S/C40H52N10O15S2/c1-18(51)24-10-45-26(12-43-24)35(66-16-28(37(60)47-14-32(55)56)49-30(53)8-6-22(41)39(62)63)20-4-3-5-21(34(20)59)36(27-13-44-25(11-46-27)19(2)52)67-17-29(38(61)48-15-33(57)58)50-31(54)9-7-23(42)40(64)65/h10-13,20-23,28-29,35-36H,3-9,14-17,41-42H2,1-2H3,(H,47,60)(H,48,61)(H,49,53)(H,50,54)(H,55,56)(H,57,58)(H,62,63)(H,64,65)/t20?,21?,22-,23+,28-,29-,35?,36?/m0/s1. The Kier molecular flexibility index (Phi) is 21.8. The van der Waals surface area contributed by atoms with Gasteiger partial charge in [0.05, 0.1) is 46.7 Å². The van der Waals surface area contributed by atoms with Gasteiger partial charge in [-0.2, -0.15) is 0 Å². The van der Waals surface area contributed by atoms with Gasteiger partial charge in [-0.3, -0.25) is 62.7 Å². The highest BCUT2D eigenvalue weighted by atomic mass is 32.2. The van der Waals surface area contributed by atoms with Crippen LogP contribution in [-0.2, 0) is 43.2 Å². The highest BCUT2D eigenvalue weighted by Crippen LogP contribution is 2.48. The second-order valence-corrected chi connectivity index (χ2v) is 17.6. The molecule has 1 fully saturated rings. The maximum Gasteiger partial charge on any atom is 0.322 e. The fraction of sp³-hybridized carbons (Fsp3) is 0.525. The highest BCUT2D eigenvalue weighted by Gasteiger charge is 2.43. The molecular formula is C40H52N10O15S2. The van der Waals surface area contributed by atoms with Gasteiger partial charge in [-0.25, -0.2) is 9.97 Å². The van der Waals surface area contributed by atoms with Gasteiger partial charge in [-0.05, 0) is 25.7 Å². The predicted octanol–water partition coefficient (Wildman–Crippen LogP) is -1.34. The number of rotatable bonds is 28. The third kappa shape index (κ3) is 17.7. The molecule has 27 heteroatoms. The smallest absolute Gasteiger partial charge is 0.322 e. The fourth-order valence-corrected chi connectivity index (χ4v) is 9.42. The van der Waals surface area contributed by atoms with Gasteiger partial charge in [0.1, 0.15) is 54.4 Å². The first-order chi connectivity index (χ1) is 31.6. The number of aliphatic carboxylic acids is 4. The number of ketones is 3. The first-order valence-electron chi connectivity index (χ1n) is 20.6. The van der Waals surface area contributed by atoms with E-state index in [1.807, 2.05) is 0 Å². The van der Waals surface area contributed by atoms with Crippen molar-refractivity contribution in [1.29, 1.82) is 0 Å². The van der Waals surface area contributed by atoms with Crippen molar-refractivity contribution in [2.45, 2.75) is 93.5 Å². The summed E-state index contributed by atoms with van der Waals surface area (Å²) >= 11 is 1.97. The van der Waals surface area contributed by atoms with Gasteiger partial charge in [-0.1, -0.05) is 6.42 Å². The van der Waals surface area contributed by atoms with Gasteiger partial charge in [0.2, 0.25) is 23.6 Å². The summed E-state index contributed by atoms with van der Waals surface area (Å²) in [6, 6.07) is -5.65. The van der Waals surface area contributed by atoms with Crippen LogP contribution in [0.1, 0.15) is 102 Å². The normalized spacial score (nSPS) is 17.3. The summed E-state index contributed by atoms with van der Waals surface area (Å²) in [6.07, 6.45) is 4.41. The molecule has 0 bridgehead atoms. The molecule has 0 aliphatic heterocycles. The van der Waals surface area contributed by atoms with Crippen LogP contribution in [-0.4, -0.2) is 154 Å². The number of thioether (sulfide) groups is 2. The number of nitrogens with two attached hydrogens (primary N) is 2. The third-order valence-electron chi connectivity index (χ3n) is 10.2. The topological polar surface area (TPSA) is 420 Å². The van der Waals surface area contributed by atoms with Gasteiger partial charge in [-0.15, -0.1) is 23.5 Å². The first kappa shape index (κ1) is 54.9. The molecule has 1 saturated carbocycles. The van der Waals surface area contributed by atoms with E-state index >= 15 is 4.79 Å².